The van der Waals surface area contributed by atoms with E-state index in [0.717, 1.165) is 35.7 Å². The van der Waals surface area contributed by atoms with Gasteiger partial charge in [0.15, 0.2) is 0 Å². The molecule has 1 saturated heterocycles. The smallest absolute Gasteiger partial charge is 0.116 e. The molecule has 4 nitrogen and oxygen atoms in total. The van der Waals surface area contributed by atoms with Crippen LogP contribution in [0.15, 0.2) is 30.6 Å². The zero-order valence-corrected chi connectivity index (χ0v) is 12.0. The van der Waals surface area contributed by atoms with Crippen molar-refractivity contribution < 1.29 is 4.74 Å². The van der Waals surface area contributed by atoms with Gasteiger partial charge in [0.05, 0.1) is 24.9 Å². The van der Waals surface area contributed by atoms with Crippen LogP contribution in [-0.2, 0) is 4.74 Å². The van der Waals surface area contributed by atoms with Crippen molar-refractivity contribution in [3.05, 3.63) is 46.9 Å². The summed E-state index contributed by atoms with van der Waals surface area (Å²) in [4.78, 5) is 8.44. The third-order valence-electron chi connectivity index (χ3n) is 3.34. The number of nitrogens with zero attached hydrogens (tertiary/aromatic N) is 2. The molecule has 0 bridgehead atoms. The second-order valence-corrected chi connectivity index (χ2v) is 5.34. The summed E-state index contributed by atoms with van der Waals surface area (Å²) < 4.78 is 5.51. The zero-order chi connectivity index (χ0) is 13.9. The van der Waals surface area contributed by atoms with Gasteiger partial charge in [-0.1, -0.05) is 11.6 Å². The fourth-order valence-electron chi connectivity index (χ4n) is 2.35. The number of rotatable bonds is 2. The summed E-state index contributed by atoms with van der Waals surface area (Å²) >= 11 is 6.25. The monoisotopic (exact) mass is 289 g/mol. The van der Waals surface area contributed by atoms with E-state index in [4.69, 9.17) is 16.3 Å². The SMILES string of the molecule is Cc1cc(-c2cc(Cl)cc(C3COCCN3)c2)ncn1. The number of aryl methyl sites for hydroxylation is 1. The summed E-state index contributed by atoms with van der Waals surface area (Å²) in [6.45, 7) is 4.24. The Kier molecular flexibility index (Phi) is 3.96. The lowest BCUT2D eigenvalue weighted by atomic mass is 10.0. The molecule has 0 amide bonds. The van der Waals surface area contributed by atoms with Gasteiger partial charge in [0.25, 0.3) is 0 Å². The predicted molar refractivity (Wildman–Crippen MR) is 78.8 cm³/mol. The van der Waals surface area contributed by atoms with Gasteiger partial charge < -0.3 is 10.1 Å². The first kappa shape index (κ1) is 13.5. The lowest BCUT2D eigenvalue weighted by molar-refractivity contribution is 0.0769. The van der Waals surface area contributed by atoms with Crippen molar-refractivity contribution >= 4 is 11.6 Å². The Morgan fingerprint density at radius 2 is 2.15 bits per heavy atom. The minimum atomic E-state index is 0.184. The van der Waals surface area contributed by atoms with Crippen LogP contribution in [0.4, 0.5) is 0 Å². The highest BCUT2D eigenvalue weighted by atomic mass is 35.5. The van der Waals surface area contributed by atoms with E-state index in [1.165, 1.54) is 0 Å². The van der Waals surface area contributed by atoms with Gasteiger partial charge in [0.2, 0.25) is 0 Å². The number of hydrogen-bond acceptors (Lipinski definition) is 4. The van der Waals surface area contributed by atoms with Crippen LogP contribution >= 0.6 is 11.6 Å². The van der Waals surface area contributed by atoms with Gasteiger partial charge in [-0.3, -0.25) is 0 Å². The van der Waals surface area contributed by atoms with Gasteiger partial charge in [0, 0.05) is 22.8 Å². The summed E-state index contributed by atoms with van der Waals surface area (Å²) in [5.74, 6) is 0. The molecule has 1 aromatic carbocycles. The van der Waals surface area contributed by atoms with Crippen molar-refractivity contribution in [1.82, 2.24) is 15.3 Å². The summed E-state index contributed by atoms with van der Waals surface area (Å²) in [7, 11) is 0. The molecule has 104 valence electrons. The van der Waals surface area contributed by atoms with Gasteiger partial charge >= 0.3 is 0 Å². The number of nitrogens with one attached hydrogen (secondary N) is 1. The molecule has 1 unspecified atom stereocenters. The normalized spacial score (nSPS) is 19.0. The molecule has 0 saturated carbocycles. The van der Waals surface area contributed by atoms with Crippen LogP contribution in [0.5, 0.6) is 0 Å². The minimum absolute atomic E-state index is 0.184. The summed E-state index contributed by atoms with van der Waals surface area (Å²) in [5.41, 5.74) is 3.96. The molecule has 0 spiro atoms. The number of aromatic nitrogens is 2. The highest BCUT2D eigenvalue weighted by molar-refractivity contribution is 6.31. The maximum atomic E-state index is 6.25. The maximum Gasteiger partial charge on any atom is 0.116 e. The lowest BCUT2D eigenvalue weighted by Crippen LogP contribution is -2.34. The molecule has 20 heavy (non-hydrogen) atoms. The zero-order valence-electron chi connectivity index (χ0n) is 11.3. The third kappa shape index (κ3) is 2.98. The summed E-state index contributed by atoms with van der Waals surface area (Å²) in [6.07, 6.45) is 1.58. The van der Waals surface area contributed by atoms with Crippen LogP contribution < -0.4 is 5.32 Å². The summed E-state index contributed by atoms with van der Waals surface area (Å²) in [5, 5.41) is 4.15. The molecule has 2 aromatic rings. The van der Waals surface area contributed by atoms with Gasteiger partial charge in [-0.25, -0.2) is 9.97 Å². The van der Waals surface area contributed by atoms with E-state index in [2.05, 4.69) is 21.4 Å². The quantitative estimate of drug-likeness (QED) is 0.923. The van der Waals surface area contributed by atoms with Gasteiger partial charge in [0.1, 0.15) is 6.33 Å². The van der Waals surface area contributed by atoms with Gasteiger partial charge in [-0.15, -0.1) is 0 Å². The molecule has 5 heteroatoms. The Bertz CT molecular complexity index is 612. The van der Waals surface area contributed by atoms with Crippen molar-refractivity contribution in [2.24, 2.45) is 0 Å². The molecule has 1 atom stereocenters. The van der Waals surface area contributed by atoms with Crippen LogP contribution in [-0.4, -0.2) is 29.7 Å². The van der Waals surface area contributed by atoms with Crippen LogP contribution in [0.1, 0.15) is 17.3 Å². The topological polar surface area (TPSA) is 47.0 Å². The second-order valence-electron chi connectivity index (χ2n) is 4.90. The second kappa shape index (κ2) is 5.87. The number of ether oxygens (including phenoxy) is 1. The van der Waals surface area contributed by atoms with E-state index in [0.29, 0.717) is 11.6 Å². The molecule has 1 N–H and O–H groups in total. The molecule has 2 heterocycles. The Morgan fingerprint density at radius 1 is 1.25 bits per heavy atom. The third-order valence-corrected chi connectivity index (χ3v) is 3.56. The molecule has 0 radical (unpaired) electrons. The Hall–Kier alpha value is -1.49. The van der Waals surface area contributed by atoms with E-state index in [1.54, 1.807) is 6.33 Å². The first-order valence-corrected chi connectivity index (χ1v) is 7.01. The largest absolute Gasteiger partial charge is 0.378 e. The summed E-state index contributed by atoms with van der Waals surface area (Å²) in [6, 6.07) is 8.16. The lowest BCUT2D eigenvalue weighted by Gasteiger charge is -2.24. The minimum Gasteiger partial charge on any atom is -0.378 e. The molecule has 1 aliphatic heterocycles. The molecule has 3 rings (SSSR count). The van der Waals surface area contributed by atoms with E-state index in [1.807, 2.05) is 25.1 Å². The van der Waals surface area contributed by atoms with Crippen LogP contribution in [0.2, 0.25) is 5.02 Å². The highest BCUT2D eigenvalue weighted by Gasteiger charge is 2.16. The Balaban J connectivity index is 1.97. The maximum absolute atomic E-state index is 6.25. The van der Waals surface area contributed by atoms with E-state index >= 15 is 0 Å². The predicted octanol–water partition coefficient (Wildman–Crippen LogP) is 2.77. The van der Waals surface area contributed by atoms with Crippen LogP contribution in [0.25, 0.3) is 11.3 Å². The Labute approximate surface area is 123 Å². The van der Waals surface area contributed by atoms with Crippen LogP contribution in [0, 0.1) is 6.92 Å². The van der Waals surface area contributed by atoms with Crippen molar-refractivity contribution in [1.29, 1.82) is 0 Å². The molecular weight excluding hydrogens is 274 g/mol. The highest BCUT2D eigenvalue weighted by Crippen LogP contribution is 2.27. The molecule has 0 aliphatic carbocycles. The fraction of sp³-hybridized carbons (Fsp3) is 0.333. The van der Waals surface area contributed by atoms with Crippen molar-refractivity contribution in [2.45, 2.75) is 13.0 Å². The van der Waals surface area contributed by atoms with Gasteiger partial charge in [-0.2, -0.15) is 0 Å². The van der Waals surface area contributed by atoms with Crippen LogP contribution in [0.3, 0.4) is 0 Å². The molecular formula is C15H16ClN3O. The van der Waals surface area contributed by atoms with E-state index < -0.39 is 0 Å². The van der Waals surface area contributed by atoms with Crippen molar-refractivity contribution in [2.75, 3.05) is 19.8 Å². The number of halogens is 1. The average Bonchev–Trinajstić information content (AvgIpc) is 2.47. The van der Waals surface area contributed by atoms with E-state index in [-0.39, 0.29) is 6.04 Å². The fourth-order valence-corrected chi connectivity index (χ4v) is 2.60. The Morgan fingerprint density at radius 3 is 2.90 bits per heavy atom. The van der Waals surface area contributed by atoms with E-state index in [9.17, 15) is 0 Å². The van der Waals surface area contributed by atoms with Crippen molar-refractivity contribution in [3.63, 3.8) is 0 Å². The number of benzene rings is 1. The average molecular weight is 290 g/mol. The number of hydrogen-bond donors (Lipinski definition) is 1. The molecule has 1 fully saturated rings. The van der Waals surface area contributed by atoms with Crippen molar-refractivity contribution in [3.8, 4) is 11.3 Å². The molecule has 1 aromatic heterocycles. The molecule has 1 aliphatic rings. The van der Waals surface area contributed by atoms with Gasteiger partial charge in [-0.05, 0) is 36.8 Å². The first-order valence-electron chi connectivity index (χ1n) is 6.63. The number of morpholine rings is 1. The first-order chi connectivity index (χ1) is 9.72. The standard InChI is InChI=1S/C15H16ClN3O/c1-10-4-14(19-9-18-10)11-5-12(7-13(16)6-11)15-8-20-3-2-17-15/h4-7,9,15,17H,2-3,8H2,1H3.